The first-order valence-corrected chi connectivity index (χ1v) is 12.5. The second-order valence-corrected chi connectivity index (χ2v) is 9.31. The maximum atomic E-state index is 13.4. The highest BCUT2D eigenvalue weighted by Crippen LogP contribution is 2.34. The molecule has 8 heteroatoms. The van der Waals surface area contributed by atoms with Crippen molar-refractivity contribution in [3.8, 4) is 11.5 Å². The standard InChI is InChI=1S/C27H25BrClN3O3/c1-3-4-10-25-31-23-12-11-20(28)14-22(23)27(33)32(25)30-16-19-13-21(29)15-24(34-2)26(19)35-17-18-8-6-5-7-9-18/h5-9,11-16H,3-4,10,17H2,1-2H3. The number of fused-ring (bicyclic) bond motifs is 1. The van der Waals surface area contributed by atoms with Gasteiger partial charge in [-0.05, 0) is 36.2 Å². The monoisotopic (exact) mass is 553 g/mol. The third-order valence-corrected chi connectivity index (χ3v) is 6.15. The largest absolute Gasteiger partial charge is 0.493 e. The van der Waals surface area contributed by atoms with E-state index in [1.54, 1.807) is 31.5 Å². The topological polar surface area (TPSA) is 65.7 Å². The van der Waals surface area contributed by atoms with Crippen LogP contribution in [0.1, 0.15) is 36.7 Å². The predicted molar refractivity (Wildman–Crippen MR) is 144 cm³/mol. The molecular formula is C27H25BrClN3O3. The fraction of sp³-hybridized carbons (Fsp3) is 0.222. The second kappa shape index (κ2) is 11.5. The highest BCUT2D eigenvalue weighted by Gasteiger charge is 2.14. The number of aromatic nitrogens is 2. The Hall–Kier alpha value is -3.16. The number of hydrogen-bond acceptors (Lipinski definition) is 5. The van der Waals surface area contributed by atoms with Gasteiger partial charge in [-0.3, -0.25) is 4.79 Å². The molecule has 0 aliphatic rings. The number of benzene rings is 3. The van der Waals surface area contributed by atoms with Crippen LogP contribution >= 0.6 is 27.5 Å². The lowest BCUT2D eigenvalue weighted by molar-refractivity contribution is 0.284. The number of rotatable bonds is 9. The Labute approximate surface area is 217 Å². The summed E-state index contributed by atoms with van der Waals surface area (Å²) < 4.78 is 13.8. The number of ether oxygens (including phenoxy) is 2. The van der Waals surface area contributed by atoms with Crippen LogP contribution in [0, 0.1) is 0 Å². The Morgan fingerprint density at radius 3 is 2.69 bits per heavy atom. The van der Waals surface area contributed by atoms with Crippen LogP contribution < -0.4 is 15.0 Å². The van der Waals surface area contributed by atoms with Gasteiger partial charge in [0.25, 0.3) is 5.56 Å². The lowest BCUT2D eigenvalue weighted by atomic mass is 10.2. The SMILES string of the molecule is CCCCc1nc2ccc(Br)cc2c(=O)n1N=Cc1cc(Cl)cc(OC)c1OCc1ccccc1. The van der Waals surface area contributed by atoms with Gasteiger partial charge in [-0.1, -0.05) is 71.2 Å². The first-order chi connectivity index (χ1) is 17.0. The van der Waals surface area contributed by atoms with Crippen molar-refractivity contribution >= 4 is 44.6 Å². The molecule has 4 aromatic rings. The first kappa shape index (κ1) is 24.9. The zero-order chi connectivity index (χ0) is 24.8. The van der Waals surface area contributed by atoms with Crippen LogP contribution in [-0.2, 0) is 13.0 Å². The summed E-state index contributed by atoms with van der Waals surface area (Å²) in [6.45, 7) is 2.44. The van der Waals surface area contributed by atoms with Crippen molar-refractivity contribution in [3.05, 3.63) is 97.5 Å². The average molecular weight is 555 g/mol. The van der Waals surface area contributed by atoms with Crippen molar-refractivity contribution in [3.63, 3.8) is 0 Å². The smallest absolute Gasteiger partial charge is 0.282 e. The van der Waals surface area contributed by atoms with E-state index in [2.05, 4.69) is 28.0 Å². The molecule has 0 radical (unpaired) electrons. The maximum Gasteiger partial charge on any atom is 0.282 e. The van der Waals surface area contributed by atoms with Crippen molar-refractivity contribution in [2.24, 2.45) is 5.10 Å². The van der Waals surface area contributed by atoms with Crippen LogP contribution in [0.2, 0.25) is 5.02 Å². The summed E-state index contributed by atoms with van der Waals surface area (Å²) in [7, 11) is 1.56. The van der Waals surface area contributed by atoms with Gasteiger partial charge in [0.1, 0.15) is 12.4 Å². The van der Waals surface area contributed by atoms with Crippen LogP contribution in [0.5, 0.6) is 11.5 Å². The molecule has 0 aliphatic carbocycles. The van der Waals surface area contributed by atoms with Crippen LogP contribution in [0.15, 0.2) is 75.0 Å². The van der Waals surface area contributed by atoms with E-state index in [9.17, 15) is 4.79 Å². The summed E-state index contributed by atoms with van der Waals surface area (Å²) in [6.07, 6.45) is 4.06. The first-order valence-electron chi connectivity index (χ1n) is 11.3. The van der Waals surface area contributed by atoms with Crippen LogP contribution in [0.3, 0.4) is 0 Å². The Kier molecular flexibility index (Phi) is 8.21. The molecule has 1 heterocycles. The van der Waals surface area contributed by atoms with Crippen LogP contribution in [0.4, 0.5) is 0 Å². The lowest BCUT2D eigenvalue weighted by Crippen LogP contribution is -2.22. The fourth-order valence-corrected chi connectivity index (χ4v) is 4.23. The van der Waals surface area contributed by atoms with Gasteiger partial charge < -0.3 is 9.47 Å². The Balaban J connectivity index is 1.78. The molecule has 0 aliphatic heterocycles. The number of unbranched alkanes of at least 4 members (excludes halogenated alkanes) is 1. The number of nitrogens with zero attached hydrogens (tertiary/aromatic N) is 3. The molecule has 180 valence electrons. The molecule has 0 amide bonds. The van der Waals surface area contributed by atoms with E-state index in [1.165, 1.54) is 4.68 Å². The van der Waals surface area contributed by atoms with E-state index in [-0.39, 0.29) is 5.56 Å². The Bertz CT molecular complexity index is 1420. The van der Waals surface area contributed by atoms with E-state index in [0.29, 0.717) is 51.8 Å². The quantitative estimate of drug-likeness (QED) is 0.218. The molecular weight excluding hydrogens is 530 g/mol. The summed E-state index contributed by atoms with van der Waals surface area (Å²) in [5.41, 5.74) is 2.01. The van der Waals surface area contributed by atoms with E-state index in [0.717, 1.165) is 22.9 Å². The minimum absolute atomic E-state index is 0.237. The third-order valence-electron chi connectivity index (χ3n) is 5.44. The number of halogens is 2. The number of hydrogen-bond donors (Lipinski definition) is 0. The minimum atomic E-state index is -0.237. The molecule has 6 nitrogen and oxygen atoms in total. The summed E-state index contributed by atoms with van der Waals surface area (Å²) >= 11 is 9.78. The summed E-state index contributed by atoms with van der Waals surface area (Å²) in [5, 5.41) is 5.50. The van der Waals surface area contributed by atoms with Crippen molar-refractivity contribution < 1.29 is 9.47 Å². The molecule has 0 fully saturated rings. The molecule has 0 atom stereocenters. The van der Waals surface area contributed by atoms with Crippen molar-refractivity contribution in [2.75, 3.05) is 7.11 Å². The van der Waals surface area contributed by atoms with Crippen molar-refractivity contribution in [2.45, 2.75) is 32.8 Å². The highest BCUT2D eigenvalue weighted by molar-refractivity contribution is 9.10. The van der Waals surface area contributed by atoms with Gasteiger partial charge in [0.2, 0.25) is 0 Å². The Morgan fingerprint density at radius 2 is 1.94 bits per heavy atom. The Morgan fingerprint density at radius 1 is 1.14 bits per heavy atom. The van der Waals surface area contributed by atoms with Crippen molar-refractivity contribution in [1.29, 1.82) is 0 Å². The van der Waals surface area contributed by atoms with Crippen LogP contribution in [-0.4, -0.2) is 23.0 Å². The van der Waals surface area contributed by atoms with Crippen molar-refractivity contribution in [1.82, 2.24) is 9.66 Å². The highest BCUT2D eigenvalue weighted by atomic mass is 79.9. The zero-order valence-electron chi connectivity index (χ0n) is 19.5. The normalized spacial score (nSPS) is 11.3. The molecule has 35 heavy (non-hydrogen) atoms. The molecule has 3 aromatic carbocycles. The molecule has 0 saturated carbocycles. The van der Waals surface area contributed by atoms with Gasteiger partial charge in [-0.15, -0.1) is 0 Å². The van der Waals surface area contributed by atoms with E-state index >= 15 is 0 Å². The van der Waals surface area contributed by atoms with E-state index < -0.39 is 0 Å². The van der Waals surface area contributed by atoms with E-state index in [4.69, 9.17) is 26.1 Å². The maximum absolute atomic E-state index is 13.4. The van der Waals surface area contributed by atoms with Gasteiger partial charge in [0.05, 0.1) is 24.2 Å². The van der Waals surface area contributed by atoms with Crippen LogP contribution in [0.25, 0.3) is 10.9 Å². The molecule has 4 rings (SSSR count). The third kappa shape index (κ3) is 5.92. The van der Waals surface area contributed by atoms with Gasteiger partial charge in [0, 0.05) is 27.5 Å². The molecule has 0 bridgehead atoms. The summed E-state index contributed by atoms with van der Waals surface area (Å²) in [4.78, 5) is 18.1. The van der Waals surface area contributed by atoms with E-state index in [1.807, 2.05) is 42.5 Å². The van der Waals surface area contributed by atoms with Gasteiger partial charge >= 0.3 is 0 Å². The molecule has 1 aromatic heterocycles. The van der Waals surface area contributed by atoms with Gasteiger partial charge in [-0.25, -0.2) is 4.98 Å². The fourth-order valence-electron chi connectivity index (χ4n) is 3.65. The molecule has 0 unspecified atom stereocenters. The van der Waals surface area contributed by atoms with Gasteiger partial charge in [0.15, 0.2) is 11.5 Å². The lowest BCUT2D eigenvalue weighted by Gasteiger charge is -2.14. The number of aryl methyl sites for hydroxylation is 1. The zero-order valence-corrected chi connectivity index (χ0v) is 21.8. The minimum Gasteiger partial charge on any atom is -0.493 e. The molecule has 0 spiro atoms. The number of methoxy groups -OCH3 is 1. The average Bonchev–Trinajstić information content (AvgIpc) is 2.87. The second-order valence-electron chi connectivity index (χ2n) is 7.96. The van der Waals surface area contributed by atoms with Gasteiger partial charge in [-0.2, -0.15) is 9.78 Å². The summed E-state index contributed by atoms with van der Waals surface area (Å²) in [5.74, 6) is 1.57. The summed E-state index contributed by atoms with van der Waals surface area (Å²) in [6, 6.07) is 18.7. The predicted octanol–water partition coefficient (Wildman–Crippen LogP) is 6.62. The molecule has 0 saturated heterocycles. The molecule has 0 N–H and O–H groups in total.